The highest BCUT2D eigenvalue weighted by molar-refractivity contribution is 6.37. The van der Waals surface area contributed by atoms with Gasteiger partial charge in [0, 0.05) is 0 Å². The van der Waals surface area contributed by atoms with Crippen molar-refractivity contribution < 1.29 is 19.5 Å². The van der Waals surface area contributed by atoms with Crippen LogP contribution in [0.4, 0.5) is 10.5 Å². The Morgan fingerprint density at radius 2 is 1.26 bits per heavy atom. The van der Waals surface area contributed by atoms with Gasteiger partial charge in [-0.25, -0.2) is 19.1 Å². The average Bonchev–Trinajstić information content (AvgIpc) is 3.08. The summed E-state index contributed by atoms with van der Waals surface area (Å²) in [6, 6.07) is 32.8. The molecule has 0 bridgehead atoms. The van der Waals surface area contributed by atoms with Crippen LogP contribution in [0, 0.1) is 0 Å². The van der Waals surface area contributed by atoms with Crippen LogP contribution < -0.4 is 21.5 Å². The number of urea groups is 1. The van der Waals surface area contributed by atoms with Gasteiger partial charge in [-0.2, -0.15) is 0 Å². The fourth-order valence-corrected chi connectivity index (χ4v) is 5.07. The molecule has 1 saturated heterocycles. The number of para-hydroxylation sites is 2. The normalized spacial score (nSPS) is 14.6. The van der Waals surface area contributed by atoms with E-state index < -0.39 is 35.0 Å². The van der Waals surface area contributed by atoms with Gasteiger partial charge in [-0.1, -0.05) is 103 Å². The third-order valence-electron chi connectivity index (χ3n) is 7.44. The van der Waals surface area contributed by atoms with Crippen molar-refractivity contribution in [3.8, 4) is 22.7 Å². The number of amides is 4. The molecule has 1 aliphatic heterocycles. The molecule has 0 saturated carbocycles. The Kier molecular flexibility index (Phi) is 8.39. The first-order chi connectivity index (χ1) is 22.8. The Morgan fingerprint density at radius 3 is 1.89 bits per heavy atom. The SMILES string of the molecule is O=C1NC(=O)N(c2ccccc2)C(=O)C1=CC=C(C=Cc1c(O)n(-c2ccccc2)c(=O)[nH]c1=O)c1ccc(-c2ccccc2)cc1. The number of benzene rings is 4. The minimum Gasteiger partial charge on any atom is -0.494 e. The van der Waals surface area contributed by atoms with E-state index >= 15 is 0 Å². The van der Waals surface area contributed by atoms with Gasteiger partial charge in [0.05, 0.1) is 11.4 Å². The fraction of sp³-hybridized carbons (Fsp3) is 0. The molecule has 5 aromatic rings. The number of rotatable bonds is 7. The molecule has 1 aromatic heterocycles. The number of hydrogen-bond donors (Lipinski definition) is 3. The van der Waals surface area contributed by atoms with Crippen molar-refractivity contribution in [1.29, 1.82) is 0 Å². The van der Waals surface area contributed by atoms with Gasteiger partial charge >= 0.3 is 11.7 Å². The van der Waals surface area contributed by atoms with E-state index in [1.807, 2.05) is 54.6 Å². The second-order valence-corrected chi connectivity index (χ2v) is 10.4. The molecule has 3 N–H and O–H groups in total. The number of anilines is 1. The van der Waals surface area contributed by atoms with E-state index in [0.29, 0.717) is 16.8 Å². The Bertz CT molecular complexity index is 2200. The molecular weight excluding hydrogens is 596 g/mol. The van der Waals surface area contributed by atoms with Gasteiger partial charge in [-0.3, -0.25) is 24.7 Å². The highest BCUT2D eigenvalue weighted by atomic mass is 16.3. The number of aromatic hydroxyl groups is 1. The van der Waals surface area contributed by atoms with E-state index in [9.17, 15) is 29.1 Å². The molecule has 10 nitrogen and oxygen atoms in total. The predicted molar refractivity (Wildman–Crippen MR) is 179 cm³/mol. The van der Waals surface area contributed by atoms with Crippen molar-refractivity contribution in [3.63, 3.8) is 0 Å². The molecule has 0 radical (unpaired) electrons. The third-order valence-corrected chi connectivity index (χ3v) is 7.44. The number of hydrogen-bond acceptors (Lipinski definition) is 6. The summed E-state index contributed by atoms with van der Waals surface area (Å²) in [5, 5.41) is 13.2. The number of imide groups is 2. The maximum Gasteiger partial charge on any atom is 0.335 e. The third kappa shape index (κ3) is 6.24. The first-order valence-corrected chi connectivity index (χ1v) is 14.5. The summed E-state index contributed by atoms with van der Waals surface area (Å²) in [5.74, 6) is -2.25. The zero-order chi connectivity index (χ0) is 32.9. The number of allylic oxidation sites excluding steroid dienone is 4. The molecule has 0 aliphatic carbocycles. The standard InChI is InChI=1S/C37H26N4O6/c42-32-30(34(44)40(36(46)38-32)28-12-6-2-7-13-28)22-20-27(26-18-16-25(17-19-26)24-10-4-1-5-11-24)21-23-31-33(43)39-37(47)41(35(31)45)29-14-8-3-9-15-29/h1-23,44H,(H,38,42,46)(H,39,43,47). The lowest BCUT2D eigenvalue weighted by molar-refractivity contribution is -0.122. The van der Waals surface area contributed by atoms with E-state index in [-0.39, 0.29) is 16.8 Å². The monoisotopic (exact) mass is 622 g/mol. The number of nitrogens with one attached hydrogen (secondary N) is 2. The first-order valence-electron chi connectivity index (χ1n) is 14.5. The van der Waals surface area contributed by atoms with E-state index in [0.717, 1.165) is 20.6 Å². The van der Waals surface area contributed by atoms with Crippen LogP contribution in [-0.2, 0) is 9.59 Å². The summed E-state index contributed by atoms with van der Waals surface area (Å²) in [7, 11) is 0. The van der Waals surface area contributed by atoms with Crippen LogP contribution in [0.5, 0.6) is 5.88 Å². The molecule has 0 spiro atoms. The van der Waals surface area contributed by atoms with Crippen molar-refractivity contribution in [2.24, 2.45) is 0 Å². The number of carbonyl (C=O) groups is 3. The summed E-state index contributed by atoms with van der Waals surface area (Å²) in [5.41, 5.74) is 1.55. The lowest BCUT2D eigenvalue weighted by Gasteiger charge is -2.26. The Balaban J connectivity index is 1.44. The maximum absolute atomic E-state index is 13.4. The second kappa shape index (κ2) is 13.0. The molecule has 47 heavy (non-hydrogen) atoms. The van der Waals surface area contributed by atoms with Gasteiger partial charge in [0.25, 0.3) is 17.4 Å². The molecular formula is C37H26N4O6. The van der Waals surface area contributed by atoms with Crippen LogP contribution >= 0.6 is 0 Å². The minimum absolute atomic E-state index is 0.194. The van der Waals surface area contributed by atoms with Crippen LogP contribution in [-0.4, -0.2) is 32.5 Å². The summed E-state index contributed by atoms with van der Waals surface area (Å²) in [6.45, 7) is 0. The number of aromatic amines is 1. The second-order valence-electron chi connectivity index (χ2n) is 10.4. The number of barbiturate groups is 1. The smallest absolute Gasteiger partial charge is 0.335 e. The van der Waals surface area contributed by atoms with E-state index in [1.165, 1.54) is 24.3 Å². The van der Waals surface area contributed by atoms with Gasteiger partial charge < -0.3 is 5.11 Å². The van der Waals surface area contributed by atoms with Crippen molar-refractivity contribution in [2.75, 3.05) is 4.90 Å². The number of aromatic nitrogens is 2. The highest BCUT2D eigenvalue weighted by Gasteiger charge is 2.36. The summed E-state index contributed by atoms with van der Waals surface area (Å²) in [4.78, 5) is 67.3. The van der Waals surface area contributed by atoms with Crippen LogP contribution in [0.15, 0.2) is 149 Å². The van der Waals surface area contributed by atoms with Crippen LogP contribution in [0.2, 0.25) is 0 Å². The molecule has 6 rings (SSSR count). The molecule has 1 fully saturated rings. The van der Waals surface area contributed by atoms with Gasteiger partial charge in [-0.05, 0) is 58.7 Å². The van der Waals surface area contributed by atoms with Crippen molar-refractivity contribution >= 4 is 35.2 Å². The molecule has 230 valence electrons. The zero-order valence-corrected chi connectivity index (χ0v) is 24.7. The number of nitrogens with zero attached hydrogens (tertiary/aromatic N) is 2. The van der Waals surface area contributed by atoms with Gasteiger partial charge in [0.1, 0.15) is 11.1 Å². The lowest BCUT2D eigenvalue weighted by atomic mass is 9.98. The van der Waals surface area contributed by atoms with Gasteiger partial charge in [0.15, 0.2) is 0 Å². The Morgan fingerprint density at radius 1 is 0.681 bits per heavy atom. The Labute approximate surface area is 267 Å². The largest absolute Gasteiger partial charge is 0.494 e. The van der Waals surface area contributed by atoms with Crippen LogP contribution in [0.1, 0.15) is 11.1 Å². The molecule has 0 unspecified atom stereocenters. The minimum atomic E-state index is -0.868. The summed E-state index contributed by atoms with van der Waals surface area (Å²) < 4.78 is 0.974. The van der Waals surface area contributed by atoms with Crippen molar-refractivity contribution in [2.45, 2.75) is 0 Å². The molecule has 2 heterocycles. The molecule has 4 amide bonds. The topological polar surface area (TPSA) is 142 Å². The predicted octanol–water partition coefficient (Wildman–Crippen LogP) is 5.20. The van der Waals surface area contributed by atoms with Crippen molar-refractivity contribution in [3.05, 3.63) is 171 Å². The fourth-order valence-electron chi connectivity index (χ4n) is 5.07. The van der Waals surface area contributed by atoms with Crippen molar-refractivity contribution in [1.82, 2.24) is 14.9 Å². The molecule has 4 aromatic carbocycles. The lowest BCUT2D eigenvalue weighted by Crippen LogP contribution is -2.54. The summed E-state index contributed by atoms with van der Waals surface area (Å²) >= 11 is 0. The zero-order valence-electron chi connectivity index (χ0n) is 24.7. The highest BCUT2D eigenvalue weighted by Crippen LogP contribution is 2.26. The first kappa shape index (κ1) is 30.2. The molecule has 10 heteroatoms. The van der Waals surface area contributed by atoms with E-state index in [2.05, 4.69) is 10.3 Å². The molecule has 1 aliphatic rings. The van der Waals surface area contributed by atoms with Gasteiger partial charge in [0.2, 0.25) is 5.88 Å². The quantitative estimate of drug-likeness (QED) is 0.129. The van der Waals surface area contributed by atoms with Gasteiger partial charge in [-0.15, -0.1) is 0 Å². The number of carbonyl (C=O) groups excluding carboxylic acids is 3. The average molecular weight is 623 g/mol. The summed E-state index contributed by atoms with van der Waals surface area (Å²) in [6.07, 6.45) is 5.65. The maximum atomic E-state index is 13.4. The van der Waals surface area contributed by atoms with Crippen LogP contribution in [0.3, 0.4) is 0 Å². The molecule has 0 atom stereocenters. The van der Waals surface area contributed by atoms with E-state index in [1.54, 1.807) is 60.7 Å². The number of H-pyrrole nitrogens is 1. The Hall–Kier alpha value is -6.81. The van der Waals surface area contributed by atoms with E-state index in [4.69, 9.17) is 0 Å². The van der Waals surface area contributed by atoms with Crippen LogP contribution in [0.25, 0.3) is 28.5 Å².